The Kier molecular flexibility index (Phi) is 4.83. The Labute approximate surface area is 116 Å². The summed E-state index contributed by atoms with van der Waals surface area (Å²) in [6.45, 7) is 7.27. The van der Waals surface area contributed by atoms with Crippen molar-refractivity contribution in [2.45, 2.75) is 45.8 Å². The zero-order valence-corrected chi connectivity index (χ0v) is 12.1. The highest BCUT2D eigenvalue weighted by molar-refractivity contribution is 5.35. The summed E-state index contributed by atoms with van der Waals surface area (Å²) < 4.78 is 5.67. The molecule has 1 aromatic rings. The SMILES string of the molecule is CCC1CC1NCC(O)COc1ccc(C)cc1C. The summed E-state index contributed by atoms with van der Waals surface area (Å²) in [4.78, 5) is 0. The Bertz CT molecular complexity index is 419. The molecule has 0 aliphatic heterocycles. The Morgan fingerprint density at radius 2 is 2.21 bits per heavy atom. The molecule has 3 nitrogen and oxygen atoms in total. The molecule has 1 aliphatic rings. The van der Waals surface area contributed by atoms with Crippen LogP contribution in [0.3, 0.4) is 0 Å². The fourth-order valence-electron chi connectivity index (χ4n) is 2.44. The van der Waals surface area contributed by atoms with E-state index in [-0.39, 0.29) is 0 Å². The predicted molar refractivity (Wildman–Crippen MR) is 77.6 cm³/mol. The lowest BCUT2D eigenvalue weighted by atomic mass is 10.1. The first kappa shape index (κ1) is 14.4. The van der Waals surface area contributed by atoms with Gasteiger partial charge in [0.05, 0.1) is 0 Å². The molecule has 106 valence electrons. The molecule has 3 heteroatoms. The van der Waals surface area contributed by atoms with E-state index >= 15 is 0 Å². The summed E-state index contributed by atoms with van der Waals surface area (Å²) in [5, 5.41) is 13.3. The highest BCUT2D eigenvalue weighted by Gasteiger charge is 2.34. The number of aliphatic hydroxyl groups excluding tert-OH is 1. The van der Waals surface area contributed by atoms with Gasteiger partial charge in [0.15, 0.2) is 0 Å². The molecule has 3 unspecified atom stereocenters. The maximum absolute atomic E-state index is 9.90. The van der Waals surface area contributed by atoms with Crippen LogP contribution in [0.5, 0.6) is 5.75 Å². The molecule has 0 amide bonds. The fourth-order valence-corrected chi connectivity index (χ4v) is 2.44. The number of benzene rings is 1. The average Bonchev–Trinajstić information content (AvgIpc) is 3.14. The Morgan fingerprint density at radius 3 is 2.84 bits per heavy atom. The van der Waals surface area contributed by atoms with Crippen LogP contribution in [0.1, 0.15) is 30.9 Å². The molecule has 0 bridgehead atoms. The van der Waals surface area contributed by atoms with Gasteiger partial charge in [-0.2, -0.15) is 0 Å². The highest BCUT2D eigenvalue weighted by Crippen LogP contribution is 2.32. The summed E-state index contributed by atoms with van der Waals surface area (Å²) in [7, 11) is 0. The monoisotopic (exact) mass is 263 g/mol. The number of hydrogen-bond acceptors (Lipinski definition) is 3. The van der Waals surface area contributed by atoms with Gasteiger partial charge in [-0.3, -0.25) is 0 Å². The Hall–Kier alpha value is -1.06. The molecule has 3 atom stereocenters. The van der Waals surface area contributed by atoms with Crippen LogP contribution in [-0.2, 0) is 0 Å². The van der Waals surface area contributed by atoms with Crippen molar-refractivity contribution in [3.05, 3.63) is 29.3 Å². The molecule has 1 aliphatic carbocycles. The molecule has 1 fully saturated rings. The zero-order chi connectivity index (χ0) is 13.8. The van der Waals surface area contributed by atoms with Crippen LogP contribution in [0.25, 0.3) is 0 Å². The molecule has 2 rings (SSSR count). The van der Waals surface area contributed by atoms with Crippen molar-refractivity contribution in [1.29, 1.82) is 0 Å². The van der Waals surface area contributed by atoms with Crippen LogP contribution in [0.4, 0.5) is 0 Å². The maximum atomic E-state index is 9.90. The summed E-state index contributed by atoms with van der Waals surface area (Å²) in [5.74, 6) is 1.68. The number of hydrogen-bond donors (Lipinski definition) is 2. The quantitative estimate of drug-likeness (QED) is 0.794. The van der Waals surface area contributed by atoms with Crippen LogP contribution in [0, 0.1) is 19.8 Å². The molecular formula is C16H25NO2. The smallest absolute Gasteiger partial charge is 0.122 e. The minimum atomic E-state index is -0.446. The number of rotatable bonds is 7. The van der Waals surface area contributed by atoms with Crippen LogP contribution in [0.2, 0.25) is 0 Å². The number of nitrogens with one attached hydrogen (secondary N) is 1. The topological polar surface area (TPSA) is 41.5 Å². The standard InChI is InChI=1S/C16H25NO2/c1-4-13-8-15(13)17-9-14(18)10-19-16-6-5-11(2)7-12(16)3/h5-7,13-15,17-18H,4,8-10H2,1-3H3. The molecule has 1 saturated carbocycles. The lowest BCUT2D eigenvalue weighted by molar-refractivity contribution is 0.105. The van der Waals surface area contributed by atoms with E-state index < -0.39 is 6.10 Å². The van der Waals surface area contributed by atoms with Gasteiger partial charge in [-0.1, -0.05) is 31.0 Å². The van der Waals surface area contributed by atoms with Gasteiger partial charge in [-0.05, 0) is 37.8 Å². The van der Waals surface area contributed by atoms with Gasteiger partial charge in [-0.25, -0.2) is 0 Å². The van der Waals surface area contributed by atoms with Crippen molar-refractivity contribution < 1.29 is 9.84 Å². The van der Waals surface area contributed by atoms with E-state index in [1.54, 1.807) is 0 Å². The average molecular weight is 263 g/mol. The summed E-state index contributed by atoms with van der Waals surface area (Å²) >= 11 is 0. The number of ether oxygens (including phenoxy) is 1. The maximum Gasteiger partial charge on any atom is 0.122 e. The van der Waals surface area contributed by atoms with E-state index in [2.05, 4.69) is 25.2 Å². The van der Waals surface area contributed by atoms with Crippen LogP contribution >= 0.6 is 0 Å². The first-order valence-electron chi connectivity index (χ1n) is 7.21. The Balaban J connectivity index is 1.69. The van der Waals surface area contributed by atoms with Gasteiger partial charge in [0, 0.05) is 12.6 Å². The molecule has 0 heterocycles. The lowest BCUT2D eigenvalue weighted by Gasteiger charge is -2.15. The summed E-state index contributed by atoms with van der Waals surface area (Å²) in [5.41, 5.74) is 2.35. The Morgan fingerprint density at radius 1 is 1.42 bits per heavy atom. The second-order valence-electron chi connectivity index (χ2n) is 5.65. The highest BCUT2D eigenvalue weighted by atomic mass is 16.5. The predicted octanol–water partition coefficient (Wildman–Crippen LogP) is 2.43. The van der Waals surface area contributed by atoms with Gasteiger partial charge >= 0.3 is 0 Å². The first-order valence-corrected chi connectivity index (χ1v) is 7.21. The molecule has 0 aromatic heterocycles. The van der Waals surface area contributed by atoms with Crippen LogP contribution in [-0.4, -0.2) is 30.4 Å². The fraction of sp³-hybridized carbons (Fsp3) is 0.625. The second kappa shape index (κ2) is 6.40. The normalized spacial score (nSPS) is 23.2. The van der Waals surface area contributed by atoms with E-state index in [1.807, 2.05) is 19.1 Å². The second-order valence-corrected chi connectivity index (χ2v) is 5.65. The van der Waals surface area contributed by atoms with Gasteiger partial charge in [0.1, 0.15) is 18.5 Å². The third-order valence-corrected chi connectivity index (χ3v) is 3.82. The number of aliphatic hydroxyl groups is 1. The third-order valence-electron chi connectivity index (χ3n) is 3.82. The van der Waals surface area contributed by atoms with Crippen molar-refractivity contribution in [1.82, 2.24) is 5.32 Å². The van der Waals surface area contributed by atoms with E-state index in [4.69, 9.17) is 4.74 Å². The molecular weight excluding hydrogens is 238 g/mol. The third kappa shape index (κ3) is 4.22. The van der Waals surface area contributed by atoms with Crippen molar-refractivity contribution in [3.8, 4) is 5.75 Å². The van der Waals surface area contributed by atoms with Crippen molar-refractivity contribution >= 4 is 0 Å². The van der Waals surface area contributed by atoms with E-state index in [9.17, 15) is 5.11 Å². The van der Waals surface area contributed by atoms with Gasteiger partial charge in [0.25, 0.3) is 0 Å². The minimum Gasteiger partial charge on any atom is -0.491 e. The molecule has 0 saturated heterocycles. The lowest BCUT2D eigenvalue weighted by Crippen LogP contribution is -2.33. The zero-order valence-electron chi connectivity index (χ0n) is 12.1. The molecule has 1 aromatic carbocycles. The van der Waals surface area contributed by atoms with E-state index in [1.165, 1.54) is 18.4 Å². The van der Waals surface area contributed by atoms with Crippen molar-refractivity contribution in [2.24, 2.45) is 5.92 Å². The molecule has 0 radical (unpaired) electrons. The minimum absolute atomic E-state index is 0.348. The van der Waals surface area contributed by atoms with Crippen LogP contribution in [0.15, 0.2) is 18.2 Å². The van der Waals surface area contributed by atoms with Crippen LogP contribution < -0.4 is 10.1 Å². The van der Waals surface area contributed by atoms with Crippen molar-refractivity contribution in [2.75, 3.05) is 13.2 Å². The number of aryl methyl sites for hydroxylation is 2. The summed E-state index contributed by atoms with van der Waals surface area (Å²) in [6.07, 6.45) is 2.03. The van der Waals surface area contributed by atoms with Gasteiger partial charge < -0.3 is 15.2 Å². The summed E-state index contributed by atoms with van der Waals surface area (Å²) in [6, 6.07) is 6.71. The van der Waals surface area contributed by atoms with Gasteiger partial charge in [-0.15, -0.1) is 0 Å². The van der Waals surface area contributed by atoms with E-state index in [0.29, 0.717) is 19.2 Å². The van der Waals surface area contributed by atoms with Gasteiger partial charge in [0.2, 0.25) is 0 Å². The van der Waals surface area contributed by atoms with Crippen molar-refractivity contribution in [3.63, 3.8) is 0 Å². The molecule has 2 N–H and O–H groups in total. The first-order chi connectivity index (χ1) is 9.10. The molecule has 0 spiro atoms. The molecule has 19 heavy (non-hydrogen) atoms. The van der Waals surface area contributed by atoms with E-state index in [0.717, 1.165) is 17.2 Å². The largest absolute Gasteiger partial charge is 0.491 e.